The van der Waals surface area contributed by atoms with Crippen LogP contribution in [0.4, 0.5) is 11.4 Å². The van der Waals surface area contributed by atoms with Crippen molar-refractivity contribution in [3.05, 3.63) is 68.9 Å². The predicted molar refractivity (Wildman–Crippen MR) is 117 cm³/mol. The van der Waals surface area contributed by atoms with Gasteiger partial charge in [-0.25, -0.2) is 0 Å². The van der Waals surface area contributed by atoms with E-state index in [1.54, 1.807) is 23.7 Å². The Hall–Kier alpha value is -2.92. The maximum Gasteiger partial charge on any atom is 0.292 e. The smallest absolute Gasteiger partial charge is 0.292 e. The van der Waals surface area contributed by atoms with Gasteiger partial charge in [0.1, 0.15) is 11.4 Å². The number of nitrogens with zero attached hydrogens (tertiary/aromatic N) is 4. The Balaban J connectivity index is 1.60. The number of ether oxygens (including phenoxy) is 1. The van der Waals surface area contributed by atoms with E-state index in [2.05, 4.69) is 31.4 Å². The molecule has 1 N–H and O–H groups in total. The standard InChI is InChI=1S/C19H18BrN5O4S/c1-12(29-14-9-7-13(20)8-10-14)18-22-23-19(24(18)2)30-11-17(26)21-15-5-3-4-6-16(15)25(27)28/h3-10,12H,11H2,1-2H3,(H,21,26). The van der Waals surface area contributed by atoms with E-state index in [4.69, 9.17) is 4.74 Å². The molecule has 0 radical (unpaired) electrons. The molecule has 3 rings (SSSR count). The van der Waals surface area contributed by atoms with Crippen molar-refractivity contribution in [1.29, 1.82) is 0 Å². The maximum atomic E-state index is 12.2. The van der Waals surface area contributed by atoms with Crippen molar-refractivity contribution in [2.75, 3.05) is 11.1 Å². The van der Waals surface area contributed by atoms with Gasteiger partial charge in [-0.3, -0.25) is 14.9 Å². The molecular formula is C19H18BrN5O4S. The molecule has 0 bridgehead atoms. The molecule has 1 heterocycles. The molecule has 0 spiro atoms. The van der Waals surface area contributed by atoms with Crippen molar-refractivity contribution < 1.29 is 14.5 Å². The Labute approximate surface area is 185 Å². The van der Waals surface area contributed by atoms with Gasteiger partial charge in [0.15, 0.2) is 17.1 Å². The zero-order valence-corrected chi connectivity index (χ0v) is 18.5. The highest BCUT2D eigenvalue weighted by atomic mass is 79.9. The molecule has 0 aliphatic rings. The number of anilines is 1. The molecular weight excluding hydrogens is 474 g/mol. The minimum Gasteiger partial charge on any atom is -0.483 e. The summed E-state index contributed by atoms with van der Waals surface area (Å²) < 4.78 is 8.61. The second kappa shape index (κ2) is 9.72. The summed E-state index contributed by atoms with van der Waals surface area (Å²) in [5.74, 6) is 0.962. The third-order valence-corrected chi connectivity index (χ3v) is 5.61. The molecule has 156 valence electrons. The number of carbonyl (C=O) groups is 1. The minimum atomic E-state index is -0.537. The average molecular weight is 492 g/mol. The maximum absolute atomic E-state index is 12.2. The van der Waals surface area contributed by atoms with Crippen LogP contribution in [0.5, 0.6) is 5.75 Å². The Morgan fingerprint density at radius 2 is 1.97 bits per heavy atom. The highest BCUT2D eigenvalue weighted by Gasteiger charge is 2.19. The lowest BCUT2D eigenvalue weighted by Crippen LogP contribution is -2.15. The molecule has 3 aromatic rings. The first-order chi connectivity index (χ1) is 14.3. The van der Waals surface area contributed by atoms with Crippen LogP contribution in [0.2, 0.25) is 0 Å². The van der Waals surface area contributed by atoms with Gasteiger partial charge in [0.25, 0.3) is 5.69 Å². The van der Waals surface area contributed by atoms with Crippen LogP contribution in [0, 0.1) is 10.1 Å². The zero-order valence-electron chi connectivity index (χ0n) is 16.1. The second-order valence-corrected chi connectivity index (χ2v) is 8.08. The van der Waals surface area contributed by atoms with Gasteiger partial charge in [-0.15, -0.1) is 10.2 Å². The molecule has 1 unspecified atom stereocenters. The number of aromatic nitrogens is 3. The fraction of sp³-hybridized carbons (Fsp3) is 0.211. The van der Waals surface area contributed by atoms with Crippen LogP contribution >= 0.6 is 27.7 Å². The number of hydrogen-bond donors (Lipinski definition) is 1. The van der Waals surface area contributed by atoms with Gasteiger partial charge in [-0.2, -0.15) is 0 Å². The SMILES string of the molecule is CC(Oc1ccc(Br)cc1)c1nnc(SCC(=O)Nc2ccccc2[N+](=O)[O-])n1C. The molecule has 1 amide bonds. The molecule has 1 atom stereocenters. The predicted octanol–water partition coefficient (Wildman–Crippen LogP) is 4.36. The monoisotopic (exact) mass is 491 g/mol. The van der Waals surface area contributed by atoms with Crippen LogP contribution in [-0.4, -0.2) is 31.3 Å². The number of halogens is 1. The van der Waals surface area contributed by atoms with E-state index in [0.29, 0.717) is 16.7 Å². The Bertz CT molecular complexity index is 1060. The third kappa shape index (κ3) is 5.36. The molecule has 0 fully saturated rings. The number of amides is 1. The number of rotatable bonds is 8. The third-order valence-electron chi connectivity index (χ3n) is 4.07. The number of thioether (sulfide) groups is 1. The first-order valence-electron chi connectivity index (χ1n) is 8.82. The van der Waals surface area contributed by atoms with Gasteiger partial charge in [-0.05, 0) is 37.3 Å². The van der Waals surface area contributed by atoms with E-state index in [1.165, 1.54) is 23.9 Å². The van der Waals surface area contributed by atoms with Crippen LogP contribution < -0.4 is 10.1 Å². The van der Waals surface area contributed by atoms with E-state index in [0.717, 1.165) is 4.47 Å². The fourth-order valence-electron chi connectivity index (χ4n) is 2.63. The lowest BCUT2D eigenvalue weighted by Gasteiger charge is -2.14. The Kier molecular flexibility index (Phi) is 7.06. The van der Waals surface area contributed by atoms with E-state index >= 15 is 0 Å². The van der Waals surface area contributed by atoms with Gasteiger partial charge in [-0.1, -0.05) is 39.8 Å². The van der Waals surface area contributed by atoms with Crippen molar-refractivity contribution in [3.8, 4) is 5.75 Å². The molecule has 1 aromatic heterocycles. The van der Waals surface area contributed by atoms with Crippen LogP contribution in [0.15, 0.2) is 58.2 Å². The van der Waals surface area contributed by atoms with Crippen molar-refractivity contribution in [3.63, 3.8) is 0 Å². The Morgan fingerprint density at radius 3 is 2.67 bits per heavy atom. The van der Waals surface area contributed by atoms with Crippen molar-refractivity contribution in [1.82, 2.24) is 14.8 Å². The van der Waals surface area contributed by atoms with E-state index in [1.807, 2.05) is 31.2 Å². The molecule has 0 aliphatic heterocycles. The van der Waals surface area contributed by atoms with E-state index in [9.17, 15) is 14.9 Å². The topological polar surface area (TPSA) is 112 Å². The highest BCUT2D eigenvalue weighted by Crippen LogP contribution is 2.26. The normalized spacial score (nSPS) is 11.7. The summed E-state index contributed by atoms with van der Waals surface area (Å²) in [7, 11) is 1.79. The van der Waals surface area contributed by atoms with Gasteiger partial charge in [0, 0.05) is 17.6 Å². The van der Waals surface area contributed by atoms with Crippen LogP contribution in [0.3, 0.4) is 0 Å². The lowest BCUT2D eigenvalue weighted by atomic mass is 10.2. The number of nitrogens with one attached hydrogen (secondary N) is 1. The summed E-state index contributed by atoms with van der Waals surface area (Å²) in [5, 5.41) is 22.4. The van der Waals surface area contributed by atoms with Gasteiger partial charge in [0.2, 0.25) is 5.91 Å². The quantitative estimate of drug-likeness (QED) is 0.283. The van der Waals surface area contributed by atoms with Crippen LogP contribution in [-0.2, 0) is 11.8 Å². The Morgan fingerprint density at radius 1 is 1.27 bits per heavy atom. The van der Waals surface area contributed by atoms with Gasteiger partial charge in [0.05, 0.1) is 10.7 Å². The second-order valence-electron chi connectivity index (χ2n) is 6.22. The lowest BCUT2D eigenvalue weighted by molar-refractivity contribution is -0.383. The van der Waals surface area contributed by atoms with Crippen molar-refractivity contribution in [2.45, 2.75) is 18.2 Å². The van der Waals surface area contributed by atoms with Crippen LogP contribution in [0.1, 0.15) is 18.9 Å². The summed E-state index contributed by atoms with van der Waals surface area (Å²) >= 11 is 4.56. The van der Waals surface area contributed by atoms with E-state index in [-0.39, 0.29) is 29.1 Å². The zero-order chi connectivity index (χ0) is 21.7. The number of para-hydroxylation sites is 2. The number of hydrogen-bond acceptors (Lipinski definition) is 7. The van der Waals surface area contributed by atoms with Crippen molar-refractivity contribution in [2.24, 2.45) is 7.05 Å². The first-order valence-corrected chi connectivity index (χ1v) is 10.6. The molecule has 30 heavy (non-hydrogen) atoms. The highest BCUT2D eigenvalue weighted by molar-refractivity contribution is 9.10. The average Bonchev–Trinajstić information content (AvgIpc) is 3.09. The minimum absolute atomic E-state index is 0.0278. The summed E-state index contributed by atoms with van der Waals surface area (Å²) in [6, 6.07) is 13.5. The first kappa shape index (κ1) is 21.8. The summed E-state index contributed by atoms with van der Waals surface area (Å²) in [6.07, 6.45) is -0.348. The summed E-state index contributed by atoms with van der Waals surface area (Å²) in [4.78, 5) is 22.8. The number of nitro benzene ring substituents is 1. The van der Waals surface area contributed by atoms with Crippen LogP contribution in [0.25, 0.3) is 0 Å². The molecule has 0 aliphatic carbocycles. The summed E-state index contributed by atoms with van der Waals surface area (Å²) in [5.41, 5.74) is -0.000941. The summed E-state index contributed by atoms with van der Waals surface area (Å²) in [6.45, 7) is 1.86. The molecule has 0 saturated carbocycles. The van der Waals surface area contributed by atoms with Gasteiger partial charge < -0.3 is 14.6 Å². The molecule has 9 nitrogen and oxygen atoms in total. The molecule has 2 aromatic carbocycles. The number of carbonyl (C=O) groups excluding carboxylic acids is 1. The molecule has 11 heteroatoms. The number of nitro groups is 1. The largest absolute Gasteiger partial charge is 0.483 e. The fourth-order valence-corrected chi connectivity index (χ4v) is 3.61. The van der Waals surface area contributed by atoms with Crippen molar-refractivity contribution >= 4 is 45.0 Å². The molecule has 0 saturated heterocycles. The number of benzene rings is 2. The van der Waals surface area contributed by atoms with Gasteiger partial charge >= 0.3 is 0 Å². The van der Waals surface area contributed by atoms with E-state index < -0.39 is 4.92 Å².